The monoisotopic (exact) mass is 451 g/mol. The first-order valence-electron chi connectivity index (χ1n) is 10.1. The normalized spacial score (nSPS) is 11.1. The van der Waals surface area contributed by atoms with E-state index in [0.717, 1.165) is 11.3 Å². The van der Waals surface area contributed by atoms with Crippen molar-refractivity contribution in [3.8, 4) is 11.4 Å². The largest absolute Gasteiger partial charge is 0.338 e. The minimum Gasteiger partial charge on any atom is -0.338 e. The fourth-order valence-corrected chi connectivity index (χ4v) is 3.81. The number of anilines is 1. The van der Waals surface area contributed by atoms with Gasteiger partial charge < -0.3 is 4.52 Å². The van der Waals surface area contributed by atoms with Crippen LogP contribution in [0, 0.1) is 5.82 Å². The van der Waals surface area contributed by atoms with E-state index in [1.807, 2.05) is 48.7 Å². The third kappa shape index (κ3) is 5.05. The van der Waals surface area contributed by atoms with Crippen LogP contribution in [0.1, 0.15) is 31.0 Å². The first-order valence-corrected chi connectivity index (χ1v) is 11.1. The summed E-state index contributed by atoms with van der Waals surface area (Å²) in [5.74, 6) is 0.357. The molecule has 2 heterocycles. The van der Waals surface area contributed by atoms with Crippen LogP contribution in [0.15, 0.2) is 70.3 Å². The van der Waals surface area contributed by atoms with Crippen molar-refractivity contribution in [2.75, 3.05) is 11.1 Å². The zero-order valence-corrected chi connectivity index (χ0v) is 18.5. The van der Waals surface area contributed by atoms with Crippen LogP contribution in [0.4, 0.5) is 10.3 Å². The molecule has 1 amide bonds. The van der Waals surface area contributed by atoms with Crippen molar-refractivity contribution in [3.05, 3.63) is 77.7 Å². The summed E-state index contributed by atoms with van der Waals surface area (Å²) >= 11 is 1.22. The van der Waals surface area contributed by atoms with Gasteiger partial charge in [0.05, 0.1) is 23.6 Å². The Morgan fingerprint density at radius 3 is 2.59 bits per heavy atom. The zero-order chi connectivity index (χ0) is 22.5. The fourth-order valence-electron chi connectivity index (χ4n) is 3.07. The highest BCUT2D eigenvalue weighted by Crippen LogP contribution is 2.27. The predicted molar refractivity (Wildman–Crippen MR) is 121 cm³/mol. The van der Waals surface area contributed by atoms with Gasteiger partial charge >= 0.3 is 0 Å². The first kappa shape index (κ1) is 21.8. The molecular formula is C23H22FN5O2S. The van der Waals surface area contributed by atoms with Gasteiger partial charge in [-0.3, -0.25) is 14.7 Å². The lowest BCUT2D eigenvalue weighted by Gasteiger charge is -2.11. The van der Waals surface area contributed by atoms with Crippen molar-refractivity contribution in [2.45, 2.75) is 31.5 Å². The average Bonchev–Trinajstić information content (AvgIpc) is 3.41. The van der Waals surface area contributed by atoms with E-state index in [0.29, 0.717) is 29.0 Å². The van der Waals surface area contributed by atoms with Crippen LogP contribution in [-0.2, 0) is 11.3 Å². The van der Waals surface area contributed by atoms with Gasteiger partial charge in [0.15, 0.2) is 11.0 Å². The molecule has 0 saturated carbocycles. The summed E-state index contributed by atoms with van der Waals surface area (Å²) in [7, 11) is 0. The number of carbonyl (C=O) groups excluding carboxylic acids is 1. The quantitative estimate of drug-likeness (QED) is 0.381. The molecule has 4 aromatic rings. The van der Waals surface area contributed by atoms with Crippen LogP contribution in [0.25, 0.3) is 11.4 Å². The van der Waals surface area contributed by atoms with E-state index < -0.39 is 0 Å². The van der Waals surface area contributed by atoms with Gasteiger partial charge in [0.1, 0.15) is 5.82 Å². The number of halogens is 1. The summed E-state index contributed by atoms with van der Waals surface area (Å²) in [5.41, 5.74) is 2.14. The lowest BCUT2D eigenvalue weighted by molar-refractivity contribution is -0.113. The standard InChI is InChI=1S/C23H22FN5O2S/c1-15(2)19-12-21(31-28-19)25-20(30)14-32-23-27-26-22(17-10-6-7-11-18(17)24)29(23)13-16-8-4-3-5-9-16/h3-12,15H,13-14H2,1-2H3,(H,25,30). The van der Waals surface area contributed by atoms with E-state index in [4.69, 9.17) is 4.52 Å². The van der Waals surface area contributed by atoms with E-state index >= 15 is 0 Å². The maximum Gasteiger partial charge on any atom is 0.237 e. The molecule has 2 aromatic heterocycles. The number of aromatic nitrogens is 4. The molecular weight excluding hydrogens is 429 g/mol. The molecule has 9 heteroatoms. The van der Waals surface area contributed by atoms with Gasteiger partial charge in [0.2, 0.25) is 11.8 Å². The Hall–Kier alpha value is -3.46. The van der Waals surface area contributed by atoms with Gasteiger partial charge in [-0.05, 0) is 23.6 Å². The number of amides is 1. The van der Waals surface area contributed by atoms with Crippen molar-refractivity contribution in [1.29, 1.82) is 0 Å². The molecule has 7 nitrogen and oxygen atoms in total. The van der Waals surface area contributed by atoms with Crippen LogP contribution in [0.3, 0.4) is 0 Å². The van der Waals surface area contributed by atoms with Crippen molar-refractivity contribution in [3.63, 3.8) is 0 Å². The molecule has 0 aliphatic carbocycles. The third-order valence-electron chi connectivity index (χ3n) is 4.73. The van der Waals surface area contributed by atoms with Crippen molar-refractivity contribution in [2.24, 2.45) is 0 Å². The minimum absolute atomic E-state index is 0.0852. The highest BCUT2D eigenvalue weighted by Gasteiger charge is 2.19. The highest BCUT2D eigenvalue weighted by molar-refractivity contribution is 7.99. The molecule has 0 aliphatic rings. The molecule has 0 atom stereocenters. The number of benzene rings is 2. The summed E-state index contributed by atoms with van der Waals surface area (Å²) in [4.78, 5) is 12.4. The van der Waals surface area contributed by atoms with Gasteiger partial charge in [-0.2, -0.15) is 0 Å². The lowest BCUT2D eigenvalue weighted by atomic mass is 10.1. The topological polar surface area (TPSA) is 85.8 Å². The third-order valence-corrected chi connectivity index (χ3v) is 5.70. The van der Waals surface area contributed by atoms with Crippen LogP contribution in [-0.4, -0.2) is 31.6 Å². The fraction of sp³-hybridized carbons (Fsp3) is 0.217. The Labute approximate surface area is 189 Å². The highest BCUT2D eigenvalue weighted by atomic mass is 32.2. The van der Waals surface area contributed by atoms with Crippen LogP contribution >= 0.6 is 11.8 Å². The summed E-state index contributed by atoms with van der Waals surface area (Å²) in [6.07, 6.45) is 0. The average molecular weight is 452 g/mol. The molecule has 0 bridgehead atoms. The van der Waals surface area contributed by atoms with E-state index in [1.165, 1.54) is 17.8 Å². The Morgan fingerprint density at radius 1 is 1.12 bits per heavy atom. The van der Waals surface area contributed by atoms with Gasteiger partial charge in [0, 0.05) is 6.07 Å². The molecule has 0 spiro atoms. The van der Waals surface area contributed by atoms with Crippen LogP contribution < -0.4 is 5.32 Å². The molecule has 164 valence electrons. The molecule has 0 radical (unpaired) electrons. The number of hydrogen-bond donors (Lipinski definition) is 1. The predicted octanol–water partition coefficient (Wildman–Crippen LogP) is 4.97. The lowest BCUT2D eigenvalue weighted by Crippen LogP contribution is -2.14. The van der Waals surface area contributed by atoms with E-state index in [2.05, 4.69) is 20.7 Å². The summed E-state index contributed by atoms with van der Waals surface area (Å²) < 4.78 is 21.4. The molecule has 1 N–H and O–H groups in total. The summed E-state index contributed by atoms with van der Waals surface area (Å²) in [5, 5.41) is 15.6. The SMILES string of the molecule is CC(C)c1cc(NC(=O)CSc2nnc(-c3ccccc3F)n2Cc2ccccc2)on1. The van der Waals surface area contributed by atoms with Crippen molar-refractivity contribution < 1.29 is 13.7 Å². The smallest absolute Gasteiger partial charge is 0.237 e. The van der Waals surface area contributed by atoms with Crippen LogP contribution in [0.2, 0.25) is 0 Å². The number of nitrogens with zero attached hydrogens (tertiary/aromatic N) is 4. The molecule has 32 heavy (non-hydrogen) atoms. The Morgan fingerprint density at radius 2 is 1.88 bits per heavy atom. The van der Waals surface area contributed by atoms with Crippen molar-refractivity contribution in [1.82, 2.24) is 19.9 Å². The number of hydrogen-bond acceptors (Lipinski definition) is 6. The molecule has 0 aliphatic heterocycles. The second kappa shape index (κ2) is 9.78. The maximum atomic E-state index is 14.5. The number of rotatable bonds is 8. The summed E-state index contributed by atoms with van der Waals surface area (Å²) in [6, 6.07) is 17.9. The Bertz CT molecular complexity index is 1210. The van der Waals surface area contributed by atoms with E-state index in [9.17, 15) is 9.18 Å². The van der Waals surface area contributed by atoms with Gasteiger partial charge in [-0.25, -0.2) is 4.39 Å². The Kier molecular flexibility index (Phi) is 6.65. The zero-order valence-electron chi connectivity index (χ0n) is 17.7. The minimum atomic E-state index is -0.380. The first-order chi connectivity index (χ1) is 15.5. The number of nitrogens with one attached hydrogen (secondary N) is 1. The van der Waals surface area contributed by atoms with Gasteiger partial charge in [0.25, 0.3) is 0 Å². The Balaban J connectivity index is 1.53. The van der Waals surface area contributed by atoms with E-state index in [-0.39, 0.29) is 23.4 Å². The van der Waals surface area contributed by atoms with Crippen LogP contribution in [0.5, 0.6) is 0 Å². The molecule has 0 saturated heterocycles. The van der Waals surface area contributed by atoms with Gasteiger partial charge in [-0.1, -0.05) is 73.2 Å². The van der Waals surface area contributed by atoms with Crippen molar-refractivity contribution >= 4 is 23.6 Å². The molecule has 0 fully saturated rings. The summed E-state index contributed by atoms with van der Waals surface area (Å²) in [6.45, 7) is 4.43. The van der Waals surface area contributed by atoms with Gasteiger partial charge in [-0.15, -0.1) is 10.2 Å². The molecule has 2 aromatic carbocycles. The maximum absolute atomic E-state index is 14.5. The molecule has 4 rings (SSSR count). The van der Waals surface area contributed by atoms with E-state index in [1.54, 1.807) is 24.3 Å². The molecule has 0 unspecified atom stereocenters. The number of carbonyl (C=O) groups is 1. The number of thioether (sulfide) groups is 1. The second-order valence-electron chi connectivity index (χ2n) is 7.47. The second-order valence-corrected chi connectivity index (χ2v) is 8.41.